The van der Waals surface area contributed by atoms with E-state index in [1.165, 1.54) is 0 Å². The highest BCUT2D eigenvalue weighted by Crippen LogP contribution is 2.27. The van der Waals surface area contributed by atoms with Crippen LogP contribution in [0, 0.1) is 10.1 Å². The van der Waals surface area contributed by atoms with Crippen molar-refractivity contribution in [3.05, 3.63) is 16.4 Å². The number of unbranched alkanes of at least 4 members (excludes halogenated alkanes) is 1. The number of carbonyl (C=O) groups is 1. The van der Waals surface area contributed by atoms with Crippen molar-refractivity contribution in [2.75, 3.05) is 17.3 Å². The number of nitrogens with two attached hydrogens (primary N) is 2. The monoisotopic (exact) mass is 269 g/mol. The summed E-state index contributed by atoms with van der Waals surface area (Å²) in [5.74, 6) is 4.78. The molecule has 19 heavy (non-hydrogen) atoms. The van der Waals surface area contributed by atoms with Crippen molar-refractivity contribution < 1.29 is 9.72 Å². The van der Waals surface area contributed by atoms with Crippen LogP contribution in [0.4, 0.5) is 17.3 Å². The molecule has 10 heteroatoms. The lowest BCUT2D eigenvalue weighted by molar-refractivity contribution is -0.383. The lowest BCUT2D eigenvalue weighted by Crippen LogP contribution is -2.14. The van der Waals surface area contributed by atoms with Crippen LogP contribution in [0.1, 0.15) is 19.3 Å². The zero-order valence-corrected chi connectivity index (χ0v) is 10.1. The van der Waals surface area contributed by atoms with Crippen molar-refractivity contribution in [3.8, 4) is 0 Å². The molecule has 1 aromatic rings. The van der Waals surface area contributed by atoms with Gasteiger partial charge in [-0.25, -0.2) is 15.8 Å². The fraction of sp³-hybridized carbons (Fsp3) is 0.444. The van der Waals surface area contributed by atoms with Crippen LogP contribution in [0.25, 0.3) is 0 Å². The van der Waals surface area contributed by atoms with Crippen molar-refractivity contribution in [3.63, 3.8) is 0 Å². The van der Waals surface area contributed by atoms with Gasteiger partial charge in [-0.05, 0) is 12.8 Å². The van der Waals surface area contributed by atoms with Gasteiger partial charge in [-0.15, -0.1) is 0 Å². The molecule has 1 amide bonds. The fourth-order valence-corrected chi connectivity index (χ4v) is 1.42. The van der Waals surface area contributed by atoms with Gasteiger partial charge in [-0.3, -0.25) is 14.9 Å². The molecule has 1 rings (SSSR count). The zero-order valence-electron chi connectivity index (χ0n) is 10.1. The lowest BCUT2D eigenvalue weighted by atomic mass is 10.2. The van der Waals surface area contributed by atoms with E-state index in [0.717, 1.165) is 6.33 Å². The number of hydrazine groups is 1. The summed E-state index contributed by atoms with van der Waals surface area (Å²) >= 11 is 0. The molecule has 6 N–H and O–H groups in total. The Bertz CT molecular complexity index is 465. The maximum Gasteiger partial charge on any atom is 0.354 e. The fourth-order valence-electron chi connectivity index (χ4n) is 1.42. The maximum absolute atomic E-state index is 10.9. The predicted molar refractivity (Wildman–Crippen MR) is 68.0 cm³/mol. The number of rotatable bonds is 8. The molecule has 104 valence electrons. The van der Waals surface area contributed by atoms with Gasteiger partial charge in [0.15, 0.2) is 0 Å². The summed E-state index contributed by atoms with van der Waals surface area (Å²) in [5, 5.41) is 13.7. The molecule has 1 aromatic heterocycles. The molecule has 0 aliphatic carbocycles. The van der Waals surface area contributed by atoms with E-state index in [1.54, 1.807) is 0 Å². The highest BCUT2D eigenvalue weighted by Gasteiger charge is 2.21. The van der Waals surface area contributed by atoms with E-state index in [4.69, 9.17) is 11.6 Å². The normalized spacial score (nSPS) is 9.95. The van der Waals surface area contributed by atoms with Gasteiger partial charge in [0.2, 0.25) is 17.5 Å². The van der Waals surface area contributed by atoms with Crippen LogP contribution in [0.3, 0.4) is 0 Å². The number of primary amides is 1. The summed E-state index contributed by atoms with van der Waals surface area (Å²) in [6.45, 7) is 0.426. The molecule has 0 saturated heterocycles. The van der Waals surface area contributed by atoms with Crippen LogP contribution in [0.2, 0.25) is 0 Å². The smallest absolute Gasteiger partial charge is 0.354 e. The number of anilines is 2. The van der Waals surface area contributed by atoms with Crippen molar-refractivity contribution in [1.29, 1.82) is 0 Å². The number of nitrogens with zero attached hydrogens (tertiary/aromatic N) is 3. The standard InChI is InChI=1S/C9H15N7O3/c10-6(17)3-1-2-4-12-8-7(16(18)19)9(15-11)14-5-13-8/h5H,1-4,11H2,(H2,10,17)(H2,12,13,14,15). The molecular formula is C9H15N7O3. The molecule has 0 unspecified atom stereocenters. The average Bonchev–Trinajstić information content (AvgIpc) is 2.37. The predicted octanol–water partition coefficient (Wildman–Crippen LogP) is -0.262. The summed E-state index contributed by atoms with van der Waals surface area (Å²) in [5.41, 5.74) is 6.82. The third-order valence-electron chi connectivity index (χ3n) is 2.28. The first-order chi connectivity index (χ1) is 9.06. The number of aromatic nitrogens is 2. The van der Waals surface area contributed by atoms with Crippen molar-refractivity contribution >= 4 is 23.2 Å². The van der Waals surface area contributed by atoms with Crippen LogP contribution < -0.4 is 22.3 Å². The molecule has 0 aromatic carbocycles. The zero-order chi connectivity index (χ0) is 14.3. The van der Waals surface area contributed by atoms with E-state index in [2.05, 4.69) is 20.7 Å². The second-order valence-electron chi connectivity index (χ2n) is 3.67. The molecule has 0 aliphatic rings. The Morgan fingerprint density at radius 3 is 2.63 bits per heavy atom. The van der Waals surface area contributed by atoms with Crippen LogP contribution in [-0.4, -0.2) is 27.3 Å². The minimum Gasteiger partial charge on any atom is -0.370 e. The Kier molecular flexibility index (Phi) is 5.41. The molecule has 0 saturated carbocycles. The van der Waals surface area contributed by atoms with Gasteiger partial charge in [0.05, 0.1) is 4.92 Å². The molecule has 0 atom stereocenters. The first kappa shape index (κ1) is 14.6. The first-order valence-corrected chi connectivity index (χ1v) is 5.54. The Hall–Kier alpha value is -2.49. The lowest BCUT2D eigenvalue weighted by Gasteiger charge is -2.07. The second kappa shape index (κ2) is 7.06. The Morgan fingerprint density at radius 2 is 2.05 bits per heavy atom. The minimum atomic E-state index is -0.624. The topological polar surface area (TPSA) is 162 Å². The first-order valence-electron chi connectivity index (χ1n) is 5.54. The van der Waals surface area contributed by atoms with Gasteiger partial charge < -0.3 is 16.5 Å². The van der Waals surface area contributed by atoms with E-state index in [1.807, 2.05) is 0 Å². The molecule has 0 spiro atoms. The number of hydrogen-bond acceptors (Lipinski definition) is 8. The summed E-state index contributed by atoms with van der Waals surface area (Å²) in [6, 6.07) is 0. The largest absolute Gasteiger partial charge is 0.370 e. The van der Waals surface area contributed by atoms with Crippen molar-refractivity contribution in [2.45, 2.75) is 19.3 Å². The number of nitro groups is 1. The minimum absolute atomic E-state index is 0.0698. The number of nitrogens with one attached hydrogen (secondary N) is 2. The summed E-state index contributed by atoms with van der Waals surface area (Å²) in [6.07, 6.45) is 2.68. The number of hydrogen-bond donors (Lipinski definition) is 4. The molecule has 0 radical (unpaired) electrons. The van der Waals surface area contributed by atoms with Gasteiger partial charge in [0.1, 0.15) is 6.33 Å². The van der Waals surface area contributed by atoms with Gasteiger partial charge >= 0.3 is 5.69 Å². The molecule has 1 heterocycles. The van der Waals surface area contributed by atoms with Crippen molar-refractivity contribution in [1.82, 2.24) is 9.97 Å². The average molecular weight is 269 g/mol. The molecule has 0 aliphatic heterocycles. The highest BCUT2D eigenvalue weighted by atomic mass is 16.6. The van der Waals surface area contributed by atoms with E-state index in [9.17, 15) is 14.9 Å². The van der Waals surface area contributed by atoms with Gasteiger partial charge in [0, 0.05) is 13.0 Å². The molecule has 10 nitrogen and oxygen atoms in total. The molecular weight excluding hydrogens is 254 g/mol. The summed E-state index contributed by atoms with van der Waals surface area (Å²) in [7, 11) is 0. The number of carbonyl (C=O) groups excluding carboxylic acids is 1. The maximum atomic E-state index is 10.9. The Morgan fingerprint density at radius 1 is 1.37 bits per heavy atom. The third-order valence-corrected chi connectivity index (χ3v) is 2.28. The summed E-state index contributed by atoms with van der Waals surface area (Å²) < 4.78 is 0. The second-order valence-corrected chi connectivity index (χ2v) is 3.67. The van der Waals surface area contributed by atoms with E-state index in [0.29, 0.717) is 19.4 Å². The number of nitrogen functional groups attached to an aromatic ring is 1. The SMILES string of the molecule is NNc1ncnc(NCCCCC(N)=O)c1[N+](=O)[O-]. The summed E-state index contributed by atoms with van der Waals surface area (Å²) in [4.78, 5) is 28.3. The van der Waals surface area contributed by atoms with Gasteiger partial charge in [-0.2, -0.15) is 0 Å². The van der Waals surface area contributed by atoms with E-state index < -0.39 is 4.92 Å². The van der Waals surface area contributed by atoms with Crippen molar-refractivity contribution in [2.24, 2.45) is 11.6 Å². The Labute approximate surface area is 108 Å². The quantitative estimate of drug-likeness (QED) is 0.217. The van der Waals surface area contributed by atoms with Crippen LogP contribution in [0.15, 0.2) is 6.33 Å². The van der Waals surface area contributed by atoms with E-state index in [-0.39, 0.29) is 29.7 Å². The van der Waals surface area contributed by atoms with E-state index >= 15 is 0 Å². The van der Waals surface area contributed by atoms with Gasteiger partial charge in [0.25, 0.3) is 0 Å². The Balaban J connectivity index is 2.62. The van der Waals surface area contributed by atoms with Gasteiger partial charge in [-0.1, -0.05) is 0 Å². The highest BCUT2D eigenvalue weighted by molar-refractivity contribution is 5.73. The van der Waals surface area contributed by atoms with Crippen LogP contribution in [-0.2, 0) is 4.79 Å². The molecule has 0 fully saturated rings. The van der Waals surface area contributed by atoms with Crippen LogP contribution in [0.5, 0.6) is 0 Å². The number of amides is 1. The molecule has 0 bridgehead atoms. The third kappa shape index (κ3) is 4.35. The van der Waals surface area contributed by atoms with Crippen LogP contribution >= 0.6 is 0 Å².